The fourth-order valence-corrected chi connectivity index (χ4v) is 4.73. The Morgan fingerprint density at radius 3 is 1.74 bits per heavy atom. The molecule has 0 aliphatic carbocycles. The number of benzene rings is 3. The Hall–Kier alpha value is -4.33. The molecule has 0 spiro atoms. The number of aliphatic carboxylic acids is 1. The second-order valence-corrected chi connectivity index (χ2v) is 10.3. The predicted octanol–water partition coefficient (Wildman–Crippen LogP) is 4.86. The van der Waals surface area contributed by atoms with Gasteiger partial charge < -0.3 is 20.1 Å². The molecule has 38 heavy (non-hydrogen) atoms. The van der Waals surface area contributed by atoms with E-state index in [2.05, 4.69) is 41.7 Å². The van der Waals surface area contributed by atoms with E-state index in [-0.39, 0.29) is 6.42 Å². The molecule has 1 amide bonds. The van der Waals surface area contributed by atoms with Crippen molar-refractivity contribution in [1.82, 2.24) is 15.2 Å². The van der Waals surface area contributed by atoms with Crippen molar-refractivity contribution in [1.29, 1.82) is 0 Å². The smallest absolute Gasteiger partial charge is 0.408 e. The molecule has 0 radical (unpaired) electrons. The topological polar surface area (TPSA) is 94.5 Å². The van der Waals surface area contributed by atoms with Crippen LogP contribution in [0.15, 0.2) is 96.1 Å². The zero-order valence-electron chi connectivity index (χ0n) is 22.2. The Bertz CT molecular complexity index is 1180. The first kappa shape index (κ1) is 26.7. The fourth-order valence-electron chi connectivity index (χ4n) is 4.73. The summed E-state index contributed by atoms with van der Waals surface area (Å²) in [6.07, 6.45) is -0.786. The van der Waals surface area contributed by atoms with Crippen LogP contribution in [-0.4, -0.2) is 58.3 Å². The highest BCUT2D eigenvalue weighted by Gasteiger charge is 2.45. The van der Waals surface area contributed by atoms with E-state index in [1.807, 2.05) is 71.6 Å². The number of carboxylic acids is 1. The molecule has 0 saturated carbocycles. The van der Waals surface area contributed by atoms with Crippen molar-refractivity contribution >= 4 is 17.9 Å². The molecule has 1 atom stereocenters. The molecule has 0 aromatic heterocycles. The average Bonchev–Trinajstić information content (AvgIpc) is 3.25. The SMILES string of the molecule is CN1CN(C(c2ccccc2)(c2ccccc2)c2ccccc2)N=C1C[C@H](NC(=O)OC(C)(C)C)C(=O)O. The lowest BCUT2D eigenvalue weighted by Crippen LogP contribution is -2.46. The molecular weight excluding hydrogens is 480 g/mol. The van der Waals surface area contributed by atoms with Gasteiger partial charge in [0.1, 0.15) is 29.7 Å². The molecule has 8 nitrogen and oxygen atoms in total. The largest absolute Gasteiger partial charge is 0.480 e. The van der Waals surface area contributed by atoms with Gasteiger partial charge in [-0.15, -0.1) is 0 Å². The van der Waals surface area contributed by atoms with Crippen molar-refractivity contribution in [2.45, 2.75) is 44.4 Å². The molecule has 3 aromatic rings. The van der Waals surface area contributed by atoms with E-state index in [9.17, 15) is 14.7 Å². The van der Waals surface area contributed by atoms with E-state index in [0.717, 1.165) is 16.7 Å². The van der Waals surface area contributed by atoms with Crippen molar-refractivity contribution in [3.8, 4) is 0 Å². The molecule has 2 N–H and O–H groups in total. The zero-order valence-corrected chi connectivity index (χ0v) is 22.2. The van der Waals surface area contributed by atoms with Crippen LogP contribution >= 0.6 is 0 Å². The van der Waals surface area contributed by atoms with Gasteiger partial charge in [-0.1, -0.05) is 91.0 Å². The van der Waals surface area contributed by atoms with Crippen LogP contribution in [0.1, 0.15) is 43.9 Å². The van der Waals surface area contributed by atoms with E-state index in [0.29, 0.717) is 12.5 Å². The van der Waals surface area contributed by atoms with E-state index >= 15 is 0 Å². The summed E-state index contributed by atoms with van der Waals surface area (Å²) in [5.41, 5.74) is 1.55. The predicted molar refractivity (Wildman–Crippen MR) is 147 cm³/mol. The second-order valence-electron chi connectivity index (χ2n) is 10.3. The number of rotatable bonds is 8. The number of nitrogens with zero attached hydrogens (tertiary/aromatic N) is 3. The number of alkyl carbamates (subject to hydrolysis) is 1. The molecule has 1 aliphatic heterocycles. The van der Waals surface area contributed by atoms with Crippen LogP contribution in [0, 0.1) is 0 Å². The van der Waals surface area contributed by atoms with Crippen LogP contribution < -0.4 is 5.32 Å². The van der Waals surface area contributed by atoms with Crippen LogP contribution in [0.2, 0.25) is 0 Å². The number of hydrogen-bond acceptors (Lipinski definition) is 6. The van der Waals surface area contributed by atoms with Crippen LogP contribution in [0.3, 0.4) is 0 Å². The molecule has 3 aromatic carbocycles. The summed E-state index contributed by atoms with van der Waals surface area (Å²) in [7, 11) is 1.87. The third-order valence-corrected chi connectivity index (χ3v) is 6.36. The summed E-state index contributed by atoms with van der Waals surface area (Å²) in [6, 6.07) is 29.3. The van der Waals surface area contributed by atoms with E-state index in [1.165, 1.54) is 0 Å². The van der Waals surface area contributed by atoms with Crippen LogP contribution in [-0.2, 0) is 15.1 Å². The van der Waals surface area contributed by atoms with Crippen molar-refractivity contribution in [2.75, 3.05) is 13.7 Å². The summed E-state index contributed by atoms with van der Waals surface area (Å²) < 4.78 is 5.28. The maximum absolute atomic E-state index is 12.3. The number of ether oxygens (including phenoxy) is 1. The number of amides is 1. The van der Waals surface area contributed by atoms with E-state index in [1.54, 1.807) is 20.8 Å². The molecule has 0 unspecified atom stereocenters. The quantitative estimate of drug-likeness (QED) is 0.417. The van der Waals surface area contributed by atoms with Crippen LogP contribution in [0.25, 0.3) is 0 Å². The van der Waals surface area contributed by atoms with Crippen LogP contribution in [0.5, 0.6) is 0 Å². The standard InChI is InChI=1S/C30H34N4O4/c1-29(2,3)38-28(37)31-25(27(35)36)20-26-32-34(21-33(26)4)30(22-14-8-5-9-15-22,23-16-10-6-11-17-23)24-18-12-7-13-19-24/h5-19,25H,20-21H2,1-4H3,(H,31,37)(H,35,36)/t25-/m0/s1. The lowest BCUT2D eigenvalue weighted by atomic mass is 9.76. The first-order valence-electron chi connectivity index (χ1n) is 12.6. The minimum Gasteiger partial charge on any atom is -0.480 e. The van der Waals surface area contributed by atoms with Gasteiger partial charge in [0.15, 0.2) is 0 Å². The second kappa shape index (κ2) is 11.0. The van der Waals surface area contributed by atoms with Gasteiger partial charge in [0.2, 0.25) is 0 Å². The van der Waals surface area contributed by atoms with Gasteiger partial charge in [-0.3, -0.25) is 5.01 Å². The molecule has 0 saturated heterocycles. The van der Waals surface area contributed by atoms with Crippen molar-refractivity contribution in [3.05, 3.63) is 108 Å². The highest BCUT2D eigenvalue weighted by molar-refractivity contribution is 5.90. The number of carbonyl (C=O) groups excluding carboxylic acids is 1. The Kier molecular flexibility index (Phi) is 7.71. The number of hydrazone groups is 1. The minimum atomic E-state index is -1.20. The fraction of sp³-hybridized carbons (Fsp3) is 0.300. The van der Waals surface area contributed by atoms with Crippen molar-refractivity contribution < 1.29 is 19.4 Å². The Morgan fingerprint density at radius 2 is 1.34 bits per heavy atom. The van der Waals surface area contributed by atoms with Gasteiger partial charge in [0.25, 0.3) is 0 Å². The van der Waals surface area contributed by atoms with Gasteiger partial charge in [0, 0.05) is 13.5 Å². The summed E-state index contributed by atoms with van der Waals surface area (Å²) in [5, 5.41) is 19.3. The highest BCUT2D eigenvalue weighted by atomic mass is 16.6. The first-order valence-corrected chi connectivity index (χ1v) is 12.6. The molecule has 0 fully saturated rings. The number of amidine groups is 1. The third kappa shape index (κ3) is 5.64. The lowest BCUT2D eigenvalue weighted by Gasteiger charge is -2.42. The molecule has 8 heteroatoms. The van der Waals surface area contributed by atoms with Gasteiger partial charge in [-0.25, -0.2) is 9.59 Å². The van der Waals surface area contributed by atoms with Crippen molar-refractivity contribution in [2.24, 2.45) is 5.10 Å². The van der Waals surface area contributed by atoms with E-state index < -0.39 is 29.2 Å². The number of hydrogen-bond donors (Lipinski definition) is 2. The minimum absolute atomic E-state index is 0.00394. The van der Waals surface area contributed by atoms with Crippen LogP contribution in [0.4, 0.5) is 4.79 Å². The average molecular weight is 515 g/mol. The zero-order chi connectivity index (χ0) is 27.3. The molecule has 1 aliphatic rings. The molecule has 4 rings (SSSR count). The Labute approximate surface area is 223 Å². The number of carboxylic acid groups (broad SMARTS) is 1. The maximum Gasteiger partial charge on any atom is 0.408 e. The first-order chi connectivity index (χ1) is 18.1. The lowest BCUT2D eigenvalue weighted by molar-refractivity contribution is -0.139. The van der Waals surface area contributed by atoms with Gasteiger partial charge in [-0.05, 0) is 37.5 Å². The molecular formula is C30H34N4O4. The molecule has 198 valence electrons. The van der Waals surface area contributed by atoms with Crippen molar-refractivity contribution in [3.63, 3.8) is 0 Å². The summed E-state index contributed by atoms with van der Waals surface area (Å²) in [6.45, 7) is 5.59. The molecule has 1 heterocycles. The van der Waals surface area contributed by atoms with Gasteiger partial charge >= 0.3 is 12.1 Å². The normalized spacial score (nSPS) is 14.6. The molecule has 0 bridgehead atoms. The summed E-state index contributed by atoms with van der Waals surface area (Å²) >= 11 is 0. The summed E-state index contributed by atoms with van der Waals surface area (Å²) in [4.78, 5) is 26.3. The summed E-state index contributed by atoms with van der Waals surface area (Å²) in [5.74, 6) is -0.619. The highest BCUT2D eigenvalue weighted by Crippen LogP contribution is 2.44. The monoisotopic (exact) mass is 514 g/mol. The number of carbonyl (C=O) groups is 2. The van der Waals surface area contributed by atoms with E-state index in [4.69, 9.17) is 9.84 Å². The third-order valence-electron chi connectivity index (χ3n) is 6.36. The Morgan fingerprint density at radius 1 is 0.895 bits per heavy atom. The number of nitrogens with one attached hydrogen (secondary N) is 1. The Balaban J connectivity index is 1.78. The van der Waals surface area contributed by atoms with Gasteiger partial charge in [0.05, 0.1) is 0 Å². The van der Waals surface area contributed by atoms with Gasteiger partial charge in [-0.2, -0.15) is 5.10 Å². The maximum atomic E-state index is 12.3.